The van der Waals surface area contributed by atoms with Crippen molar-refractivity contribution < 1.29 is 9.21 Å². The summed E-state index contributed by atoms with van der Waals surface area (Å²) in [4.78, 5) is 14.2. The van der Waals surface area contributed by atoms with Crippen LogP contribution in [-0.2, 0) is 0 Å². The minimum absolute atomic E-state index is 0.0628. The second kappa shape index (κ2) is 8.26. The lowest BCUT2D eigenvalue weighted by Gasteiger charge is -2.22. The van der Waals surface area contributed by atoms with E-state index >= 15 is 0 Å². The van der Waals surface area contributed by atoms with E-state index in [0.29, 0.717) is 18.1 Å². The van der Waals surface area contributed by atoms with Gasteiger partial charge in [-0.15, -0.1) is 10.2 Å². The lowest BCUT2D eigenvalue weighted by Crippen LogP contribution is -2.26. The zero-order chi connectivity index (χ0) is 18.4. The number of nitrogens with one attached hydrogen (secondary N) is 2. The maximum absolute atomic E-state index is 12.2. The molecule has 0 aliphatic heterocycles. The fourth-order valence-corrected chi connectivity index (χ4v) is 2.48. The van der Waals surface area contributed by atoms with Gasteiger partial charge in [-0.2, -0.15) is 0 Å². The molecule has 0 aliphatic rings. The number of furan rings is 1. The first-order valence-electron chi connectivity index (χ1n) is 8.27. The molecule has 0 saturated carbocycles. The van der Waals surface area contributed by atoms with E-state index < -0.39 is 0 Å². The molecule has 134 valence electrons. The number of amides is 1. The summed E-state index contributed by atoms with van der Waals surface area (Å²) < 4.78 is 5.48. The Labute approximate surface area is 152 Å². The lowest BCUT2D eigenvalue weighted by atomic mass is 10.2. The molecule has 1 aromatic carbocycles. The van der Waals surface area contributed by atoms with Gasteiger partial charge in [-0.1, -0.05) is 18.2 Å². The number of anilines is 2. The Morgan fingerprint density at radius 3 is 2.50 bits per heavy atom. The van der Waals surface area contributed by atoms with Crippen LogP contribution in [0.5, 0.6) is 0 Å². The topological polar surface area (TPSA) is 83.3 Å². The first-order chi connectivity index (χ1) is 12.6. The minimum atomic E-state index is -0.294. The van der Waals surface area contributed by atoms with Gasteiger partial charge in [0, 0.05) is 12.2 Å². The Hall–Kier alpha value is -3.19. The Morgan fingerprint density at radius 2 is 1.88 bits per heavy atom. The molecule has 3 aromatic rings. The molecule has 0 aliphatic carbocycles. The van der Waals surface area contributed by atoms with Crippen LogP contribution in [0.2, 0.25) is 0 Å². The van der Waals surface area contributed by atoms with Crippen molar-refractivity contribution in [2.75, 3.05) is 31.3 Å². The molecule has 26 heavy (non-hydrogen) atoms. The third-order valence-electron chi connectivity index (χ3n) is 3.90. The summed E-state index contributed by atoms with van der Waals surface area (Å²) >= 11 is 0. The van der Waals surface area contributed by atoms with Gasteiger partial charge in [0.1, 0.15) is 11.6 Å². The second-order valence-electron chi connectivity index (χ2n) is 6.00. The summed E-state index contributed by atoms with van der Waals surface area (Å²) in [5.41, 5.74) is 0.975. The molecule has 2 aromatic heterocycles. The van der Waals surface area contributed by atoms with Gasteiger partial charge < -0.3 is 15.1 Å². The van der Waals surface area contributed by atoms with E-state index in [-0.39, 0.29) is 17.6 Å². The number of benzene rings is 1. The summed E-state index contributed by atoms with van der Waals surface area (Å²) in [5, 5.41) is 14.1. The van der Waals surface area contributed by atoms with Gasteiger partial charge in [-0.05, 0) is 50.5 Å². The number of para-hydroxylation sites is 1. The Bertz CT molecular complexity index is 817. The van der Waals surface area contributed by atoms with E-state index in [2.05, 4.69) is 25.7 Å². The summed E-state index contributed by atoms with van der Waals surface area (Å²) in [6.07, 6.45) is 1.66. The molecule has 0 radical (unpaired) electrons. The molecule has 1 amide bonds. The molecule has 0 bridgehead atoms. The highest BCUT2D eigenvalue weighted by atomic mass is 16.3. The van der Waals surface area contributed by atoms with Crippen molar-refractivity contribution in [1.29, 1.82) is 0 Å². The van der Waals surface area contributed by atoms with Gasteiger partial charge in [-0.3, -0.25) is 9.69 Å². The number of hydrogen-bond donors (Lipinski definition) is 2. The standard InChI is InChI=1S/C19H21N5O2/c1-24(2)16(17-9-6-12-26-17)13-20-18-11-10-15(22-23-18)19(25)21-14-7-4-3-5-8-14/h3-12,16H,13H2,1-2H3,(H,20,23)(H,21,25). The van der Waals surface area contributed by atoms with E-state index in [4.69, 9.17) is 4.42 Å². The molecule has 7 heteroatoms. The number of carbonyl (C=O) groups is 1. The van der Waals surface area contributed by atoms with E-state index in [1.165, 1.54) is 0 Å². The van der Waals surface area contributed by atoms with Crippen LogP contribution >= 0.6 is 0 Å². The molecule has 2 heterocycles. The molecular weight excluding hydrogens is 330 g/mol. The maximum atomic E-state index is 12.2. The van der Waals surface area contributed by atoms with Crippen molar-refractivity contribution in [1.82, 2.24) is 15.1 Å². The van der Waals surface area contributed by atoms with E-state index in [1.807, 2.05) is 56.6 Å². The SMILES string of the molecule is CN(C)C(CNc1ccc(C(=O)Nc2ccccc2)nn1)c1ccco1. The number of carbonyl (C=O) groups excluding carboxylic acids is 1. The van der Waals surface area contributed by atoms with Crippen molar-refractivity contribution in [2.45, 2.75) is 6.04 Å². The third kappa shape index (κ3) is 4.46. The van der Waals surface area contributed by atoms with Gasteiger partial charge in [0.05, 0.1) is 12.3 Å². The number of rotatable bonds is 7. The predicted molar refractivity (Wildman–Crippen MR) is 100 cm³/mol. The number of nitrogens with zero attached hydrogens (tertiary/aromatic N) is 3. The van der Waals surface area contributed by atoms with Crippen LogP contribution in [0.25, 0.3) is 0 Å². The Balaban J connectivity index is 1.59. The molecule has 1 unspecified atom stereocenters. The summed E-state index contributed by atoms with van der Waals surface area (Å²) in [5.74, 6) is 1.17. The van der Waals surface area contributed by atoms with E-state index in [0.717, 1.165) is 5.76 Å². The monoisotopic (exact) mass is 351 g/mol. The zero-order valence-electron chi connectivity index (χ0n) is 14.7. The molecule has 0 spiro atoms. The quantitative estimate of drug-likeness (QED) is 0.681. The van der Waals surface area contributed by atoms with Crippen molar-refractivity contribution in [3.63, 3.8) is 0 Å². The predicted octanol–water partition coefficient (Wildman–Crippen LogP) is 3.04. The van der Waals surface area contributed by atoms with Crippen LogP contribution in [0.1, 0.15) is 22.3 Å². The normalized spacial score (nSPS) is 12.0. The molecule has 7 nitrogen and oxygen atoms in total. The Kier molecular flexibility index (Phi) is 5.60. The van der Waals surface area contributed by atoms with Crippen molar-refractivity contribution in [3.8, 4) is 0 Å². The van der Waals surface area contributed by atoms with Crippen molar-refractivity contribution in [2.24, 2.45) is 0 Å². The van der Waals surface area contributed by atoms with Gasteiger partial charge in [0.2, 0.25) is 0 Å². The highest BCUT2D eigenvalue weighted by molar-refractivity contribution is 6.02. The fraction of sp³-hybridized carbons (Fsp3) is 0.211. The van der Waals surface area contributed by atoms with E-state index in [9.17, 15) is 4.79 Å². The number of hydrogen-bond acceptors (Lipinski definition) is 6. The number of likely N-dealkylation sites (N-methyl/N-ethyl adjacent to an activating group) is 1. The zero-order valence-corrected chi connectivity index (χ0v) is 14.7. The van der Waals surface area contributed by atoms with Gasteiger partial charge >= 0.3 is 0 Å². The van der Waals surface area contributed by atoms with Gasteiger partial charge in [0.25, 0.3) is 5.91 Å². The second-order valence-corrected chi connectivity index (χ2v) is 6.00. The average molecular weight is 351 g/mol. The first kappa shape index (κ1) is 17.6. The number of aromatic nitrogens is 2. The molecule has 0 saturated heterocycles. The summed E-state index contributed by atoms with van der Waals surface area (Å²) in [6.45, 7) is 0.602. The van der Waals surface area contributed by atoms with Gasteiger partial charge in [-0.25, -0.2) is 0 Å². The van der Waals surface area contributed by atoms with Crippen LogP contribution in [0, 0.1) is 0 Å². The molecule has 3 rings (SSSR count). The van der Waals surface area contributed by atoms with Crippen LogP contribution in [-0.4, -0.2) is 41.6 Å². The maximum Gasteiger partial charge on any atom is 0.276 e. The van der Waals surface area contributed by atoms with Crippen LogP contribution in [0.4, 0.5) is 11.5 Å². The minimum Gasteiger partial charge on any atom is -0.468 e. The van der Waals surface area contributed by atoms with Crippen molar-refractivity contribution >= 4 is 17.4 Å². The molecule has 0 fully saturated rings. The average Bonchev–Trinajstić information content (AvgIpc) is 3.17. The van der Waals surface area contributed by atoms with Crippen LogP contribution in [0.3, 0.4) is 0 Å². The highest BCUT2D eigenvalue weighted by Gasteiger charge is 2.17. The summed E-state index contributed by atoms with van der Waals surface area (Å²) in [7, 11) is 3.97. The lowest BCUT2D eigenvalue weighted by molar-refractivity contribution is 0.102. The fourth-order valence-electron chi connectivity index (χ4n) is 2.48. The van der Waals surface area contributed by atoms with Crippen LogP contribution < -0.4 is 10.6 Å². The molecule has 1 atom stereocenters. The summed E-state index contributed by atoms with van der Waals surface area (Å²) in [6, 6.07) is 16.5. The highest BCUT2D eigenvalue weighted by Crippen LogP contribution is 2.19. The van der Waals surface area contributed by atoms with E-state index in [1.54, 1.807) is 18.4 Å². The first-order valence-corrected chi connectivity index (χ1v) is 8.27. The Morgan fingerprint density at radius 1 is 1.08 bits per heavy atom. The van der Waals surface area contributed by atoms with Crippen LogP contribution in [0.15, 0.2) is 65.3 Å². The van der Waals surface area contributed by atoms with Gasteiger partial charge in [0.15, 0.2) is 5.69 Å². The smallest absolute Gasteiger partial charge is 0.276 e. The largest absolute Gasteiger partial charge is 0.468 e. The third-order valence-corrected chi connectivity index (χ3v) is 3.90. The molecule has 2 N–H and O–H groups in total. The molecular formula is C19H21N5O2. The van der Waals surface area contributed by atoms with Crippen molar-refractivity contribution in [3.05, 3.63) is 72.3 Å².